The normalized spacial score (nSPS) is 22.4. The lowest BCUT2D eigenvalue weighted by molar-refractivity contribution is -0.153. The van der Waals surface area contributed by atoms with Gasteiger partial charge in [0, 0.05) is 13.5 Å². The quantitative estimate of drug-likeness (QED) is 0.800. The van der Waals surface area contributed by atoms with E-state index in [2.05, 4.69) is 5.32 Å². The Morgan fingerprint density at radius 1 is 1.43 bits per heavy atom. The van der Waals surface area contributed by atoms with Crippen molar-refractivity contribution in [2.45, 2.75) is 32.2 Å². The lowest BCUT2D eigenvalue weighted by atomic mass is 9.73. The molecule has 116 valence electrons. The number of furan rings is 1. The number of ether oxygens (including phenoxy) is 1. The minimum atomic E-state index is -0.907. The topological polar surface area (TPSA) is 88.8 Å². The Balaban J connectivity index is 2.02. The van der Waals surface area contributed by atoms with Crippen LogP contribution in [-0.4, -0.2) is 30.7 Å². The van der Waals surface area contributed by atoms with Gasteiger partial charge in [0.05, 0.1) is 18.4 Å². The van der Waals surface area contributed by atoms with Crippen LogP contribution in [-0.2, 0) is 20.7 Å². The molecule has 1 saturated carbocycles. The fourth-order valence-electron chi connectivity index (χ4n) is 2.52. The van der Waals surface area contributed by atoms with E-state index < -0.39 is 23.8 Å². The van der Waals surface area contributed by atoms with Gasteiger partial charge in [-0.05, 0) is 25.0 Å². The number of carboxylic acid groups (broad SMARTS) is 1. The van der Waals surface area contributed by atoms with Gasteiger partial charge in [0.15, 0.2) is 0 Å². The molecule has 6 heteroatoms. The van der Waals surface area contributed by atoms with Crippen LogP contribution in [0.25, 0.3) is 0 Å². The zero-order chi connectivity index (χ0) is 15.4. The van der Waals surface area contributed by atoms with E-state index in [1.165, 1.54) is 0 Å². The molecule has 2 rings (SSSR count). The summed E-state index contributed by atoms with van der Waals surface area (Å²) in [6, 6.07) is 3.30. The van der Waals surface area contributed by atoms with E-state index >= 15 is 0 Å². The first-order valence-corrected chi connectivity index (χ1v) is 7.17. The minimum absolute atomic E-state index is 0.245. The van der Waals surface area contributed by atoms with Crippen LogP contribution in [0.15, 0.2) is 16.5 Å². The average molecular weight is 295 g/mol. The summed E-state index contributed by atoms with van der Waals surface area (Å²) < 4.78 is 10.8. The largest absolute Gasteiger partial charge is 0.481 e. The number of carbonyl (C=O) groups excluding carboxylic acids is 1. The molecule has 1 aromatic rings. The third-order valence-electron chi connectivity index (χ3n) is 3.95. The highest BCUT2D eigenvalue weighted by molar-refractivity contribution is 5.86. The average Bonchev–Trinajstić information content (AvgIpc) is 2.84. The van der Waals surface area contributed by atoms with Crippen LogP contribution in [0.4, 0.5) is 0 Å². The Hall–Kier alpha value is -1.82. The molecular formula is C15H21NO5. The zero-order valence-corrected chi connectivity index (χ0v) is 12.3. The first-order valence-electron chi connectivity index (χ1n) is 7.17. The number of hydrogen-bond acceptors (Lipinski definition) is 4. The van der Waals surface area contributed by atoms with Crippen LogP contribution >= 0.6 is 0 Å². The van der Waals surface area contributed by atoms with Crippen molar-refractivity contribution in [1.29, 1.82) is 0 Å². The molecule has 6 nitrogen and oxygen atoms in total. The summed E-state index contributed by atoms with van der Waals surface area (Å²) in [5.74, 6) is -0.708. The van der Waals surface area contributed by atoms with Crippen LogP contribution in [0, 0.1) is 11.8 Å². The van der Waals surface area contributed by atoms with E-state index in [1.54, 1.807) is 7.11 Å². The maximum atomic E-state index is 12.2. The zero-order valence-electron chi connectivity index (χ0n) is 12.3. The maximum absolute atomic E-state index is 12.2. The molecule has 0 bridgehead atoms. The Bertz CT molecular complexity index is 510. The van der Waals surface area contributed by atoms with Gasteiger partial charge in [-0.25, -0.2) is 0 Å². The van der Waals surface area contributed by atoms with Crippen molar-refractivity contribution >= 4 is 11.9 Å². The van der Waals surface area contributed by atoms with E-state index in [9.17, 15) is 9.59 Å². The first-order chi connectivity index (χ1) is 10.1. The van der Waals surface area contributed by atoms with E-state index in [-0.39, 0.29) is 12.5 Å². The number of hydrogen-bond donors (Lipinski definition) is 2. The summed E-state index contributed by atoms with van der Waals surface area (Å²) in [5.41, 5.74) is 0. The fourth-order valence-corrected chi connectivity index (χ4v) is 2.52. The molecule has 1 amide bonds. The SMILES string of the molecule is CCc1ccc(C(COC)NC(=O)C2CCC2C(=O)O)o1. The number of carboxylic acids is 1. The van der Waals surface area contributed by atoms with Crippen LogP contribution < -0.4 is 5.32 Å². The Kier molecular flexibility index (Phi) is 5.01. The van der Waals surface area contributed by atoms with E-state index in [0.717, 1.165) is 12.2 Å². The molecule has 21 heavy (non-hydrogen) atoms. The van der Waals surface area contributed by atoms with Gasteiger partial charge in [0.1, 0.15) is 17.6 Å². The van der Waals surface area contributed by atoms with Crippen molar-refractivity contribution in [2.24, 2.45) is 11.8 Å². The van der Waals surface area contributed by atoms with Gasteiger partial charge >= 0.3 is 5.97 Å². The Morgan fingerprint density at radius 3 is 2.62 bits per heavy atom. The minimum Gasteiger partial charge on any atom is -0.481 e. The van der Waals surface area contributed by atoms with Crippen molar-refractivity contribution in [2.75, 3.05) is 13.7 Å². The van der Waals surface area contributed by atoms with E-state index in [1.807, 2.05) is 19.1 Å². The molecule has 0 saturated heterocycles. The third kappa shape index (κ3) is 3.44. The van der Waals surface area contributed by atoms with Crippen molar-refractivity contribution in [3.63, 3.8) is 0 Å². The molecule has 3 unspecified atom stereocenters. The predicted octanol–water partition coefficient (Wildman–Crippen LogP) is 1.76. The lowest BCUT2D eigenvalue weighted by Gasteiger charge is -2.33. The van der Waals surface area contributed by atoms with Crippen molar-refractivity contribution in [3.8, 4) is 0 Å². The molecule has 0 aromatic carbocycles. The van der Waals surface area contributed by atoms with E-state index in [4.69, 9.17) is 14.3 Å². The van der Waals surface area contributed by atoms with Crippen molar-refractivity contribution in [3.05, 3.63) is 23.7 Å². The van der Waals surface area contributed by atoms with Crippen LogP contribution in [0.5, 0.6) is 0 Å². The molecule has 1 fully saturated rings. The standard InChI is InChI=1S/C15H21NO5/c1-3-9-4-7-13(21-9)12(8-20-2)16-14(17)10-5-6-11(10)15(18)19/h4,7,10-12H,3,5-6,8H2,1-2H3,(H,16,17)(H,18,19). The molecule has 2 N–H and O–H groups in total. The van der Waals surface area contributed by atoms with Gasteiger partial charge in [0.2, 0.25) is 5.91 Å². The molecule has 3 atom stereocenters. The van der Waals surface area contributed by atoms with Crippen LogP contribution in [0.2, 0.25) is 0 Å². The fraction of sp³-hybridized carbons (Fsp3) is 0.600. The lowest BCUT2D eigenvalue weighted by Crippen LogP contribution is -2.45. The van der Waals surface area contributed by atoms with Crippen molar-refractivity contribution < 1.29 is 23.8 Å². The van der Waals surface area contributed by atoms with Gasteiger partial charge in [-0.2, -0.15) is 0 Å². The second-order valence-corrected chi connectivity index (χ2v) is 5.30. The second kappa shape index (κ2) is 6.76. The molecule has 0 spiro atoms. The summed E-state index contributed by atoms with van der Waals surface area (Å²) in [6.07, 6.45) is 1.95. The third-order valence-corrected chi connectivity index (χ3v) is 3.95. The summed E-state index contributed by atoms with van der Waals surface area (Å²) >= 11 is 0. The maximum Gasteiger partial charge on any atom is 0.307 e. The van der Waals surface area contributed by atoms with Crippen LogP contribution in [0.1, 0.15) is 37.3 Å². The number of methoxy groups -OCH3 is 1. The molecular weight excluding hydrogens is 274 g/mol. The van der Waals surface area contributed by atoms with Crippen molar-refractivity contribution in [1.82, 2.24) is 5.32 Å². The number of carbonyl (C=O) groups is 2. The number of nitrogens with one attached hydrogen (secondary N) is 1. The highest BCUT2D eigenvalue weighted by Crippen LogP contribution is 2.35. The summed E-state index contributed by atoms with van der Waals surface area (Å²) in [6.45, 7) is 2.27. The monoisotopic (exact) mass is 295 g/mol. The molecule has 1 aliphatic carbocycles. The first kappa shape index (κ1) is 15.6. The van der Waals surface area contributed by atoms with Gasteiger partial charge in [-0.15, -0.1) is 0 Å². The molecule has 0 aliphatic heterocycles. The summed E-state index contributed by atoms with van der Waals surface area (Å²) in [7, 11) is 1.55. The van der Waals surface area contributed by atoms with Gasteiger partial charge in [-0.3, -0.25) is 9.59 Å². The molecule has 1 aliphatic rings. The van der Waals surface area contributed by atoms with Crippen LogP contribution in [0.3, 0.4) is 0 Å². The molecule has 1 aromatic heterocycles. The molecule has 0 radical (unpaired) electrons. The Labute approximate surface area is 123 Å². The van der Waals surface area contributed by atoms with Gasteiger partial charge in [0.25, 0.3) is 0 Å². The molecule has 1 heterocycles. The summed E-state index contributed by atoms with van der Waals surface area (Å²) in [4.78, 5) is 23.2. The number of aliphatic carboxylic acids is 1. The highest BCUT2D eigenvalue weighted by atomic mass is 16.5. The number of amides is 1. The second-order valence-electron chi connectivity index (χ2n) is 5.30. The van der Waals surface area contributed by atoms with Gasteiger partial charge in [-0.1, -0.05) is 6.92 Å². The highest BCUT2D eigenvalue weighted by Gasteiger charge is 2.42. The predicted molar refractivity (Wildman–Crippen MR) is 74.7 cm³/mol. The number of rotatable bonds is 7. The number of aryl methyl sites for hydroxylation is 1. The smallest absolute Gasteiger partial charge is 0.307 e. The van der Waals surface area contributed by atoms with Gasteiger partial charge < -0.3 is 19.6 Å². The summed E-state index contributed by atoms with van der Waals surface area (Å²) in [5, 5.41) is 11.9. The Morgan fingerprint density at radius 2 is 2.14 bits per heavy atom. The van der Waals surface area contributed by atoms with E-state index in [0.29, 0.717) is 18.6 Å².